The highest BCUT2D eigenvalue weighted by molar-refractivity contribution is 6.41. The number of amides is 1. The quantitative estimate of drug-likeness (QED) is 0.205. The summed E-state index contributed by atoms with van der Waals surface area (Å²) in [6.45, 7) is 4.48. The zero-order valence-corrected chi connectivity index (χ0v) is 24.5. The van der Waals surface area contributed by atoms with E-state index < -0.39 is 5.95 Å². The minimum atomic E-state index is -0.528. The number of halogens is 1. The number of nitrogens with zero attached hydrogens (tertiary/aromatic N) is 5. The van der Waals surface area contributed by atoms with E-state index in [4.69, 9.17) is 15.5 Å². The summed E-state index contributed by atoms with van der Waals surface area (Å²) >= 11 is 0. The molecule has 3 fully saturated rings. The number of epoxide rings is 1. The molecule has 1 aliphatic carbocycles. The monoisotopic (exact) mass is 580 g/mol. The Bertz CT molecular complexity index is 1710. The van der Waals surface area contributed by atoms with E-state index in [0.717, 1.165) is 50.0 Å². The van der Waals surface area contributed by atoms with E-state index in [1.165, 1.54) is 11.1 Å². The number of nitrogens with two attached hydrogens (primary N) is 1. The number of benzene rings is 1. The zero-order chi connectivity index (χ0) is 28.5. The second kappa shape index (κ2) is 10.00. The summed E-state index contributed by atoms with van der Waals surface area (Å²) < 4.78 is 22.8. The second-order valence-corrected chi connectivity index (χ2v) is 13.8. The molecule has 0 bridgehead atoms. The number of carbonyl (C=O) groups is 1. The fraction of sp³-hybridized carbons (Fsp3) is 0.406. The van der Waals surface area contributed by atoms with Gasteiger partial charge in [-0.15, -0.1) is 0 Å². The van der Waals surface area contributed by atoms with E-state index >= 15 is 4.39 Å². The average molecular weight is 581 g/mol. The molecule has 6 heterocycles. The minimum absolute atomic E-state index is 0.00512. The molecule has 10 heteroatoms. The number of fused-ring (bicyclic) bond motifs is 2. The number of aromatic nitrogens is 3. The number of hydrogen-bond donors (Lipinski definition) is 1. The standard InChI is InChI=1S/C32H33FN6O2Si/c1-18-23-5-3-2-4-19(23)10-13-39(18)31(40)21-14-25(20-6-7-20)30-35-26(17-38(30)15-21)24-8-9-27(36-28(24)33)37-12-11-22(16-37)42-32-29(34)41-32/h2-5,8-9,14-15,17-18,20,22,29,32H,6-7,10-13,16,34H2,1H3/t18-,22?,29?,32?/m1/s1. The van der Waals surface area contributed by atoms with Crippen LogP contribution in [0, 0.1) is 5.95 Å². The second-order valence-electron chi connectivity index (χ2n) is 12.1. The molecule has 3 unspecified atom stereocenters. The molecule has 1 saturated carbocycles. The summed E-state index contributed by atoms with van der Waals surface area (Å²) in [6.07, 6.45) is 7.61. The summed E-state index contributed by atoms with van der Waals surface area (Å²) in [4.78, 5) is 27.2. The topological polar surface area (TPSA) is 92.3 Å². The predicted octanol–water partition coefficient (Wildman–Crippen LogP) is 4.52. The van der Waals surface area contributed by atoms with Crippen LogP contribution < -0.4 is 10.6 Å². The van der Waals surface area contributed by atoms with Gasteiger partial charge in [0, 0.05) is 32.0 Å². The van der Waals surface area contributed by atoms with Gasteiger partial charge in [-0.25, -0.2) is 9.97 Å². The molecule has 3 aromatic heterocycles. The molecule has 214 valence electrons. The van der Waals surface area contributed by atoms with Crippen LogP contribution in [0.25, 0.3) is 16.9 Å². The van der Waals surface area contributed by atoms with Crippen LogP contribution in [-0.4, -0.2) is 66.3 Å². The summed E-state index contributed by atoms with van der Waals surface area (Å²) in [5, 5.41) is 0. The molecule has 2 N–H and O–H groups in total. The van der Waals surface area contributed by atoms with Gasteiger partial charge in [0.25, 0.3) is 5.91 Å². The molecule has 42 heavy (non-hydrogen) atoms. The molecule has 2 saturated heterocycles. The molecule has 3 aliphatic heterocycles. The molecule has 2 radical (unpaired) electrons. The molecule has 8 rings (SSSR count). The smallest absolute Gasteiger partial charge is 0.255 e. The maximum Gasteiger partial charge on any atom is 0.255 e. The lowest BCUT2D eigenvalue weighted by atomic mass is 9.93. The molecule has 4 aliphatic rings. The lowest BCUT2D eigenvalue weighted by Gasteiger charge is -2.35. The summed E-state index contributed by atoms with van der Waals surface area (Å²) in [6, 6.07) is 14.1. The molecular formula is C32H33FN6O2Si. The van der Waals surface area contributed by atoms with Crippen LogP contribution in [0.5, 0.6) is 0 Å². The van der Waals surface area contributed by atoms with Crippen LogP contribution >= 0.6 is 0 Å². The molecule has 1 aromatic carbocycles. The van der Waals surface area contributed by atoms with Crippen molar-refractivity contribution in [2.75, 3.05) is 24.5 Å². The van der Waals surface area contributed by atoms with Crippen molar-refractivity contribution in [3.05, 3.63) is 83.1 Å². The van der Waals surface area contributed by atoms with Gasteiger partial charge < -0.3 is 24.7 Å². The number of imidazole rings is 1. The highest BCUT2D eigenvalue weighted by Crippen LogP contribution is 2.43. The average Bonchev–Trinajstić information content (AvgIpc) is 3.86. The first-order valence-electron chi connectivity index (χ1n) is 14.9. The van der Waals surface area contributed by atoms with Crippen LogP contribution in [0.3, 0.4) is 0 Å². The van der Waals surface area contributed by atoms with Crippen molar-refractivity contribution in [3.8, 4) is 11.3 Å². The fourth-order valence-corrected chi connectivity index (χ4v) is 8.18. The lowest BCUT2D eigenvalue weighted by Crippen LogP contribution is -2.39. The van der Waals surface area contributed by atoms with E-state index in [1.54, 1.807) is 6.07 Å². The van der Waals surface area contributed by atoms with Crippen molar-refractivity contribution in [1.29, 1.82) is 0 Å². The lowest BCUT2D eigenvalue weighted by molar-refractivity contribution is 0.0677. The van der Waals surface area contributed by atoms with E-state index in [2.05, 4.69) is 35.0 Å². The number of ether oxygens (including phenoxy) is 1. The summed E-state index contributed by atoms with van der Waals surface area (Å²) in [5.41, 5.74) is 12.4. The minimum Gasteiger partial charge on any atom is -0.358 e. The van der Waals surface area contributed by atoms with Crippen molar-refractivity contribution >= 4 is 26.9 Å². The van der Waals surface area contributed by atoms with Gasteiger partial charge in [-0.3, -0.25) is 4.79 Å². The van der Waals surface area contributed by atoms with E-state index in [1.807, 2.05) is 39.9 Å². The Hall–Kier alpha value is -3.60. The molecule has 4 atom stereocenters. The zero-order valence-electron chi connectivity index (χ0n) is 23.5. The van der Waals surface area contributed by atoms with Crippen LogP contribution in [0.4, 0.5) is 10.2 Å². The SMILES string of the molecule is C[C@@H]1c2ccccc2CCN1C(=O)c1cc(C2CC2)c2nc(-c3ccc(N4CCC([Si]C5OC5N)C4)nc3F)cn2c1. The van der Waals surface area contributed by atoms with Gasteiger partial charge in [0.05, 0.1) is 38.1 Å². The Morgan fingerprint density at radius 3 is 2.69 bits per heavy atom. The van der Waals surface area contributed by atoms with Crippen molar-refractivity contribution in [1.82, 2.24) is 19.3 Å². The number of hydrogen-bond acceptors (Lipinski definition) is 6. The van der Waals surface area contributed by atoms with Gasteiger partial charge in [0.15, 0.2) is 0 Å². The largest absolute Gasteiger partial charge is 0.358 e. The highest BCUT2D eigenvalue weighted by atomic mass is 28.2. The molecule has 4 aromatic rings. The Morgan fingerprint density at radius 1 is 1.07 bits per heavy atom. The summed E-state index contributed by atoms with van der Waals surface area (Å²) in [5.74, 6) is 0.518. The first-order chi connectivity index (χ1) is 20.4. The van der Waals surface area contributed by atoms with Crippen molar-refractivity contribution in [2.24, 2.45) is 5.73 Å². The van der Waals surface area contributed by atoms with Crippen LogP contribution in [0.1, 0.15) is 65.2 Å². The van der Waals surface area contributed by atoms with Crippen molar-refractivity contribution in [2.45, 2.75) is 62.1 Å². The predicted molar refractivity (Wildman–Crippen MR) is 159 cm³/mol. The van der Waals surface area contributed by atoms with Crippen LogP contribution in [0.2, 0.25) is 5.54 Å². The van der Waals surface area contributed by atoms with Gasteiger partial charge in [-0.05, 0) is 79.0 Å². The molecule has 0 spiro atoms. The molecule has 8 nitrogen and oxygen atoms in total. The van der Waals surface area contributed by atoms with E-state index in [9.17, 15) is 4.79 Å². The third-order valence-corrected chi connectivity index (χ3v) is 11.0. The van der Waals surface area contributed by atoms with Gasteiger partial charge in [0.1, 0.15) is 17.7 Å². The first kappa shape index (κ1) is 26.1. The Morgan fingerprint density at radius 2 is 1.90 bits per heavy atom. The number of anilines is 1. The maximum atomic E-state index is 15.5. The van der Waals surface area contributed by atoms with Gasteiger partial charge in [-0.2, -0.15) is 4.39 Å². The van der Waals surface area contributed by atoms with E-state index in [-0.39, 0.29) is 23.9 Å². The normalized spacial score (nSPS) is 25.2. The van der Waals surface area contributed by atoms with Crippen molar-refractivity contribution < 1.29 is 13.9 Å². The number of pyridine rings is 2. The molecule has 1 amide bonds. The summed E-state index contributed by atoms with van der Waals surface area (Å²) in [7, 11) is 0.671. The van der Waals surface area contributed by atoms with Gasteiger partial charge in [-0.1, -0.05) is 24.3 Å². The Labute approximate surface area is 246 Å². The Balaban J connectivity index is 1.07. The number of rotatable bonds is 6. The highest BCUT2D eigenvalue weighted by Gasteiger charge is 2.39. The third kappa shape index (κ3) is 4.62. The third-order valence-electron chi connectivity index (χ3n) is 9.25. The fourth-order valence-electron chi connectivity index (χ4n) is 6.67. The maximum absolute atomic E-state index is 15.5. The first-order valence-corrected chi connectivity index (χ1v) is 16.1. The van der Waals surface area contributed by atoms with Gasteiger partial charge in [0.2, 0.25) is 5.95 Å². The van der Waals surface area contributed by atoms with Crippen LogP contribution in [-0.2, 0) is 11.2 Å². The molecular weight excluding hydrogens is 547 g/mol. The Kier molecular flexibility index (Phi) is 6.20. The number of carbonyl (C=O) groups excluding carboxylic acids is 1. The van der Waals surface area contributed by atoms with E-state index in [0.29, 0.717) is 50.2 Å². The van der Waals surface area contributed by atoms with Crippen LogP contribution in [0.15, 0.2) is 54.9 Å². The van der Waals surface area contributed by atoms with Crippen molar-refractivity contribution in [3.63, 3.8) is 0 Å². The van der Waals surface area contributed by atoms with Gasteiger partial charge >= 0.3 is 0 Å².